The smallest absolute Gasteiger partial charge is 0.254 e. The summed E-state index contributed by atoms with van der Waals surface area (Å²) < 4.78 is 6.07. The molecule has 2 aromatic rings. The van der Waals surface area contributed by atoms with E-state index in [1.807, 2.05) is 25.1 Å². The molecule has 0 aromatic heterocycles. The SMILES string of the molecule is CC(=O)N[C@H]1C(=O)N(CCCOc2cc(C)ccc2C(C)C)c2ccc(C)cc21. The number of nitrogens with one attached hydrogen (secondary N) is 1. The second-order valence-electron chi connectivity index (χ2n) is 8.08. The minimum atomic E-state index is -0.604. The van der Waals surface area contributed by atoms with Crippen LogP contribution in [0, 0.1) is 13.8 Å². The van der Waals surface area contributed by atoms with Gasteiger partial charge in [0.05, 0.1) is 6.61 Å². The molecular formula is C24H30N2O3. The molecule has 2 amide bonds. The van der Waals surface area contributed by atoms with Crippen LogP contribution in [-0.2, 0) is 9.59 Å². The van der Waals surface area contributed by atoms with E-state index < -0.39 is 6.04 Å². The highest BCUT2D eigenvalue weighted by Crippen LogP contribution is 2.36. The number of carbonyl (C=O) groups is 2. The predicted molar refractivity (Wildman–Crippen MR) is 115 cm³/mol. The van der Waals surface area contributed by atoms with Crippen LogP contribution in [0.25, 0.3) is 0 Å². The molecule has 0 bridgehead atoms. The maximum absolute atomic E-state index is 12.9. The van der Waals surface area contributed by atoms with E-state index in [0.717, 1.165) is 22.6 Å². The molecule has 0 saturated heterocycles. The van der Waals surface area contributed by atoms with Crippen molar-refractivity contribution in [2.45, 2.75) is 53.0 Å². The fraction of sp³-hybridized carbons (Fsp3) is 0.417. The minimum Gasteiger partial charge on any atom is -0.493 e. The summed E-state index contributed by atoms with van der Waals surface area (Å²) in [5, 5.41) is 2.79. The topological polar surface area (TPSA) is 58.6 Å². The number of anilines is 1. The molecule has 29 heavy (non-hydrogen) atoms. The molecule has 0 radical (unpaired) electrons. The Hall–Kier alpha value is -2.82. The third-order valence-electron chi connectivity index (χ3n) is 5.22. The Labute approximate surface area is 173 Å². The summed E-state index contributed by atoms with van der Waals surface area (Å²) in [6.45, 7) is 10.9. The van der Waals surface area contributed by atoms with Crippen LogP contribution in [0.4, 0.5) is 5.69 Å². The summed E-state index contributed by atoms with van der Waals surface area (Å²) in [7, 11) is 0. The summed E-state index contributed by atoms with van der Waals surface area (Å²) in [5.41, 5.74) is 5.17. The van der Waals surface area contributed by atoms with E-state index in [2.05, 4.69) is 44.3 Å². The fourth-order valence-electron chi connectivity index (χ4n) is 3.78. The Morgan fingerprint density at radius 2 is 1.83 bits per heavy atom. The molecule has 5 heteroatoms. The number of hydrogen-bond donors (Lipinski definition) is 1. The van der Waals surface area contributed by atoms with Gasteiger partial charge in [0.2, 0.25) is 5.91 Å². The first-order valence-electron chi connectivity index (χ1n) is 10.2. The number of carbonyl (C=O) groups excluding carboxylic acids is 2. The minimum absolute atomic E-state index is 0.0841. The van der Waals surface area contributed by atoms with Gasteiger partial charge in [-0.05, 0) is 49.4 Å². The van der Waals surface area contributed by atoms with Gasteiger partial charge in [-0.25, -0.2) is 0 Å². The Morgan fingerprint density at radius 1 is 1.14 bits per heavy atom. The number of rotatable bonds is 7. The van der Waals surface area contributed by atoms with Crippen molar-refractivity contribution in [2.75, 3.05) is 18.1 Å². The van der Waals surface area contributed by atoms with Crippen LogP contribution in [0.1, 0.15) is 61.4 Å². The van der Waals surface area contributed by atoms with Crippen LogP contribution in [0.3, 0.4) is 0 Å². The van der Waals surface area contributed by atoms with Crippen molar-refractivity contribution < 1.29 is 14.3 Å². The van der Waals surface area contributed by atoms with Crippen molar-refractivity contribution in [3.05, 3.63) is 58.7 Å². The molecule has 0 aliphatic carbocycles. The fourth-order valence-corrected chi connectivity index (χ4v) is 3.78. The van der Waals surface area contributed by atoms with Crippen molar-refractivity contribution in [3.8, 4) is 5.75 Å². The molecule has 1 atom stereocenters. The van der Waals surface area contributed by atoms with Gasteiger partial charge in [0, 0.05) is 24.7 Å². The Bertz CT molecular complexity index is 920. The summed E-state index contributed by atoms with van der Waals surface area (Å²) >= 11 is 0. The molecular weight excluding hydrogens is 364 g/mol. The maximum Gasteiger partial charge on any atom is 0.254 e. The van der Waals surface area contributed by atoms with Crippen LogP contribution < -0.4 is 15.0 Å². The number of hydrogen-bond acceptors (Lipinski definition) is 3. The molecule has 154 valence electrons. The first-order chi connectivity index (χ1) is 13.8. The first kappa shape index (κ1) is 20.9. The summed E-state index contributed by atoms with van der Waals surface area (Å²) in [5.74, 6) is 1.01. The van der Waals surface area contributed by atoms with Gasteiger partial charge in [-0.15, -0.1) is 0 Å². The summed E-state index contributed by atoms with van der Waals surface area (Å²) in [4.78, 5) is 26.3. The zero-order chi connectivity index (χ0) is 21.1. The number of aryl methyl sites for hydroxylation is 2. The monoisotopic (exact) mass is 394 g/mol. The van der Waals surface area contributed by atoms with E-state index in [0.29, 0.717) is 25.5 Å². The van der Waals surface area contributed by atoms with Gasteiger partial charge in [0.1, 0.15) is 11.8 Å². The lowest BCUT2D eigenvalue weighted by Crippen LogP contribution is -2.37. The summed E-state index contributed by atoms with van der Waals surface area (Å²) in [6.07, 6.45) is 0.706. The van der Waals surface area contributed by atoms with Crippen LogP contribution in [-0.4, -0.2) is 25.0 Å². The van der Waals surface area contributed by atoms with Crippen molar-refractivity contribution in [2.24, 2.45) is 0 Å². The quantitative estimate of drug-likeness (QED) is 0.707. The van der Waals surface area contributed by atoms with Gasteiger partial charge in [0.25, 0.3) is 5.91 Å². The van der Waals surface area contributed by atoms with Crippen LogP contribution in [0.15, 0.2) is 36.4 Å². The number of nitrogens with zero attached hydrogens (tertiary/aromatic N) is 1. The second-order valence-corrected chi connectivity index (χ2v) is 8.08. The molecule has 3 rings (SSSR count). The van der Waals surface area contributed by atoms with E-state index in [1.54, 1.807) is 4.90 Å². The Morgan fingerprint density at radius 3 is 2.52 bits per heavy atom. The van der Waals surface area contributed by atoms with E-state index in [9.17, 15) is 9.59 Å². The average molecular weight is 395 g/mol. The van der Waals surface area contributed by atoms with Gasteiger partial charge in [-0.2, -0.15) is 0 Å². The standard InChI is InChI=1S/C24H30N2O3/c1-15(2)19-9-7-17(4)14-22(19)29-12-6-11-26-21-10-8-16(3)13-20(21)23(24(26)28)25-18(5)27/h7-10,13-15,23H,6,11-12H2,1-5H3,(H,25,27)/t23-/m1/s1. The number of fused-ring (bicyclic) bond motifs is 1. The largest absolute Gasteiger partial charge is 0.493 e. The lowest BCUT2D eigenvalue weighted by Gasteiger charge is -2.19. The van der Waals surface area contributed by atoms with E-state index in [4.69, 9.17) is 4.74 Å². The number of ether oxygens (including phenoxy) is 1. The Balaban J connectivity index is 1.68. The van der Waals surface area contributed by atoms with Crippen LogP contribution in [0.5, 0.6) is 5.75 Å². The van der Waals surface area contributed by atoms with E-state index in [1.165, 1.54) is 18.1 Å². The van der Waals surface area contributed by atoms with Gasteiger partial charge in [0.15, 0.2) is 0 Å². The van der Waals surface area contributed by atoms with Crippen LogP contribution >= 0.6 is 0 Å². The predicted octanol–water partition coefficient (Wildman–Crippen LogP) is 4.42. The van der Waals surface area contributed by atoms with Crippen molar-refractivity contribution in [3.63, 3.8) is 0 Å². The molecule has 2 aromatic carbocycles. The zero-order valence-corrected chi connectivity index (χ0v) is 17.9. The normalized spacial score (nSPS) is 15.6. The van der Waals surface area contributed by atoms with Gasteiger partial charge in [-0.1, -0.05) is 43.7 Å². The second kappa shape index (κ2) is 8.68. The van der Waals surface area contributed by atoms with Crippen molar-refractivity contribution in [1.82, 2.24) is 5.32 Å². The highest BCUT2D eigenvalue weighted by atomic mass is 16.5. The molecule has 1 N–H and O–H groups in total. The van der Waals surface area contributed by atoms with Crippen molar-refractivity contribution >= 4 is 17.5 Å². The van der Waals surface area contributed by atoms with Gasteiger partial charge < -0.3 is 15.0 Å². The first-order valence-corrected chi connectivity index (χ1v) is 10.2. The molecule has 1 heterocycles. The molecule has 0 spiro atoms. The average Bonchev–Trinajstić information content (AvgIpc) is 2.89. The summed E-state index contributed by atoms with van der Waals surface area (Å²) in [6, 6.07) is 11.6. The molecule has 5 nitrogen and oxygen atoms in total. The number of benzene rings is 2. The molecule has 1 aliphatic rings. The Kier molecular flexibility index (Phi) is 6.26. The highest BCUT2D eigenvalue weighted by Gasteiger charge is 2.37. The van der Waals surface area contributed by atoms with Gasteiger partial charge >= 0.3 is 0 Å². The molecule has 1 aliphatic heterocycles. The lowest BCUT2D eigenvalue weighted by atomic mass is 10.0. The third-order valence-corrected chi connectivity index (χ3v) is 5.22. The van der Waals surface area contributed by atoms with Gasteiger partial charge in [-0.3, -0.25) is 9.59 Å². The van der Waals surface area contributed by atoms with Crippen LogP contribution in [0.2, 0.25) is 0 Å². The zero-order valence-electron chi connectivity index (χ0n) is 17.9. The van der Waals surface area contributed by atoms with E-state index in [-0.39, 0.29) is 11.8 Å². The highest BCUT2D eigenvalue weighted by molar-refractivity contribution is 6.06. The van der Waals surface area contributed by atoms with E-state index >= 15 is 0 Å². The number of amides is 2. The third kappa shape index (κ3) is 4.61. The lowest BCUT2D eigenvalue weighted by molar-refractivity contribution is -0.126. The van der Waals surface area contributed by atoms with Crippen molar-refractivity contribution in [1.29, 1.82) is 0 Å². The molecule has 0 saturated carbocycles. The molecule has 0 unspecified atom stereocenters. The molecule has 0 fully saturated rings. The maximum atomic E-state index is 12.9.